The van der Waals surface area contributed by atoms with Gasteiger partial charge in [-0.25, -0.2) is 9.97 Å². The molecule has 1 aliphatic carbocycles. The van der Waals surface area contributed by atoms with Crippen molar-refractivity contribution in [3.05, 3.63) is 24.2 Å². The van der Waals surface area contributed by atoms with Gasteiger partial charge in [0.15, 0.2) is 5.65 Å². The van der Waals surface area contributed by atoms with Crippen molar-refractivity contribution < 1.29 is 4.74 Å². The number of fused-ring (bicyclic) bond motifs is 1. The zero-order valence-corrected chi connectivity index (χ0v) is 12.5. The summed E-state index contributed by atoms with van der Waals surface area (Å²) in [5, 5.41) is 3.61. The van der Waals surface area contributed by atoms with Crippen LogP contribution in [0, 0.1) is 0 Å². The molecule has 0 amide bonds. The number of hydrogen-bond acceptors (Lipinski definition) is 4. The summed E-state index contributed by atoms with van der Waals surface area (Å²) >= 11 is 0. The second-order valence-corrected chi connectivity index (χ2v) is 6.12. The predicted molar refractivity (Wildman–Crippen MR) is 81.4 cm³/mol. The Morgan fingerprint density at radius 3 is 3.10 bits per heavy atom. The van der Waals surface area contributed by atoms with Crippen LogP contribution < -0.4 is 5.32 Å². The summed E-state index contributed by atoms with van der Waals surface area (Å²) in [5.74, 6) is 1.50. The highest BCUT2D eigenvalue weighted by Crippen LogP contribution is 2.40. The van der Waals surface area contributed by atoms with Gasteiger partial charge in [0.1, 0.15) is 11.3 Å². The van der Waals surface area contributed by atoms with Gasteiger partial charge in [-0.05, 0) is 37.9 Å². The van der Waals surface area contributed by atoms with Gasteiger partial charge >= 0.3 is 0 Å². The first kappa shape index (κ1) is 13.2. The van der Waals surface area contributed by atoms with E-state index in [0.717, 1.165) is 43.2 Å². The molecule has 0 aromatic carbocycles. The molecule has 3 heterocycles. The Morgan fingerprint density at radius 2 is 2.29 bits per heavy atom. The fourth-order valence-electron chi connectivity index (χ4n) is 3.24. The molecule has 5 nitrogen and oxygen atoms in total. The number of nitrogens with one attached hydrogen (secondary N) is 1. The van der Waals surface area contributed by atoms with Crippen LogP contribution in [-0.2, 0) is 4.74 Å². The second kappa shape index (κ2) is 5.39. The molecule has 0 radical (unpaired) electrons. The van der Waals surface area contributed by atoms with Gasteiger partial charge in [-0.1, -0.05) is 6.92 Å². The van der Waals surface area contributed by atoms with Crippen LogP contribution in [0.15, 0.2) is 18.3 Å². The first-order chi connectivity index (χ1) is 10.4. The van der Waals surface area contributed by atoms with Crippen molar-refractivity contribution in [1.82, 2.24) is 19.9 Å². The molecule has 112 valence electrons. The summed E-state index contributed by atoms with van der Waals surface area (Å²) in [6.45, 7) is 4.77. The van der Waals surface area contributed by atoms with E-state index in [1.54, 1.807) is 0 Å². The summed E-state index contributed by atoms with van der Waals surface area (Å²) in [5.41, 5.74) is 2.05. The largest absolute Gasteiger partial charge is 0.379 e. The summed E-state index contributed by atoms with van der Waals surface area (Å²) in [6, 6.07) is 5.00. The van der Waals surface area contributed by atoms with Gasteiger partial charge in [0.05, 0.1) is 19.1 Å². The molecule has 5 heteroatoms. The van der Waals surface area contributed by atoms with Gasteiger partial charge in [-0.2, -0.15) is 0 Å². The molecule has 21 heavy (non-hydrogen) atoms. The lowest BCUT2D eigenvalue weighted by molar-refractivity contribution is 0.187. The zero-order valence-electron chi connectivity index (χ0n) is 12.5. The van der Waals surface area contributed by atoms with E-state index in [0.29, 0.717) is 18.0 Å². The fourth-order valence-corrected chi connectivity index (χ4v) is 3.24. The smallest absolute Gasteiger partial charge is 0.160 e. The Kier molecular flexibility index (Phi) is 3.39. The third-order valence-electron chi connectivity index (χ3n) is 4.46. The number of hydrogen-bond donors (Lipinski definition) is 1. The maximum Gasteiger partial charge on any atom is 0.160 e. The van der Waals surface area contributed by atoms with Crippen LogP contribution in [0.5, 0.6) is 0 Å². The molecule has 0 bridgehead atoms. The van der Waals surface area contributed by atoms with Crippen molar-refractivity contribution in [3.63, 3.8) is 0 Å². The molecule has 1 saturated carbocycles. The maximum atomic E-state index is 5.74. The Hall–Kier alpha value is -1.46. The summed E-state index contributed by atoms with van der Waals surface area (Å²) < 4.78 is 8.11. The van der Waals surface area contributed by atoms with E-state index in [1.165, 1.54) is 12.8 Å². The molecule has 1 aliphatic heterocycles. The van der Waals surface area contributed by atoms with E-state index in [-0.39, 0.29) is 0 Å². The van der Waals surface area contributed by atoms with Crippen molar-refractivity contribution in [2.75, 3.05) is 19.8 Å². The number of pyridine rings is 1. The lowest BCUT2D eigenvalue weighted by Crippen LogP contribution is -2.36. The number of aromatic nitrogens is 3. The van der Waals surface area contributed by atoms with E-state index in [1.807, 2.05) is 12.3 Å². The van der Waals surface area contributed by atoms with Gasteiger partial charge in [0, 0.05) is 18.3 Å². The van der Waals surface area contributed by atoms with Gasteiger partial charge in [-0.3, -0.25) is 0 Å². The minimum atomic E-state index is 0.339. The van der Waals surface area contributed by atoms with Crippen molar-refractivity contribution >= 4 is 11.2 Å². The first-order valence-electron chi connectivity index (χ1n) is 8.02. The number of ether oxygens (including phenoxy) is 1. The van der Waals surface area contributed by atoms with E-state index in [9.17, 15) is 0 Å². The molecule has 2 fully saturated rings. The molecule has 2 aromatic rings. The minimum absolute atomic E-state index is 0.339. The van der Waals surface area contributed by atoms with Crippen LogP contribution in [0.2, 0.25) is 0 Å². The monoisotopic (exact) mass is 286 g/mol. The topological polar surface area (TPSA) is 52.0 Å². The molecule has 2 aromatic heterocycles. The molecular weight excluding hydrogens is 264 g/mol. The van der Waals surface area contributed by atoms with Crippen LogP contribution in [0.25, 0.3) is 11.2 Å². The Labute approximate surface area is 124 Å². The molecule has 2 atom stereocenters. The number of nitrogens with zero attached hydrogens (tertiary/aromatic N) is 3. The van der Waals surface area contributed by atoms with Crippen LogP contribution >= 0.6 is 0 Å². The molecule has 4 rings (SSSR count). The minimum Gasteiger partial charge on any atom is -0.379 e. The van der Waals surface area contributed by atoms with E-state index in [4.69, 9.17) is 9.72 Å². The second-order valence-electron chi connectivity index (χ2n) is 6.12. The fraction of sp³-hybridized carbons (Fsp3) is 0.625. The number of rotatable bonds is 5. The van der Waals surface area contributed by atoms with Crippen LogP contribution in [0.4, 0.5) is 0 Å². The average molecular weight is 286 g/mol. The standard InChI is InChI=1S/C16H22N4O/c1-2-7-17-14-10-21-9-12(14)15-19-13-4-3-8-18-16(13)20(15)11-5-6-11/h3-4,8,11-12,14,17H,2,5-7,9-10H2,1H3. The SMILES string of the molecule is CCCNC1COCC1c1nc2cccnc2n1C1CC1. The normalized spacial score (nSPS) is 25.8. The lowest BCUT2D eigenvalue weighted by atomic mass is 10.0. The van der Waals surface area contributed by atoms with Crippen molar-refractivity contribution in [2.45, 2.75) is 44.2 Å². The molecule has 1 N–H and O–H groups in total. The number of imidazole rings is 1. The van der Waals surface area contributed by atoms with Crippen LogP contribution in [0.1, 0.15) is 44.0 Å². The predicted octanol–water partition coefficient (Wildman–Crippen LogP) is 2.25. The third-order valence-corrected chi connectivity index (χ3v) is 4.46. The van der Waals surface area contributed by atoms with Crippen molar-refractivity contribution in [2.24, 2.45) is 0 Å². The van der Waals surface area contributed by atoms with Crippen LogP contribution in [0.3, 0.4) is 0 Å². The first-order valence-corrected chi connectivity index (χ1v) is 8.02. The molecule has 2 aliphatic rings. The van der Waals surface area contributed by atoms with Gasteiger partial charge in [0.25, 0.3) is 0 Å². The molecular formula is C16H22N4O. The Balaban J connectivity index is 1.73. The molecule has 1 saturated heterocycles. The van der Waals surface area contributed by atoms with E-state index >= 15 is 0 Å². The van der Waals surface area contributed by atoms with Crippen molar-refractivity contribution in [1.29, 1.82) is 0 Å². The quantitative estimate of drug-likeness (QED) is 0.916. The van der Waals surface area contributed by atoms with Gasteiger partial charge < -0.3 is 14.6 Å². The van der Waals surface area contributed by atoms with E-state index < -0.39 is 0 Å². The molecule has 2 unspecified atom stereocenters. The Bertz CT molecular complexity index is 634. The maximum absolute atomic E-state index is 5.74. The zero-order chi connectivity index (χ0) is 14.2. The Morgan fingerprint density at radius 1 is 1.38 bits per heavy atom. The van der Waals surface area contributed by atoms with Gasteiger partial charge in [-0.15, -0.1) is 0 Å². The summed E-state index contributed by atoms with van der Waals surface area (Å²) in [7, 11) is 0. The highest BCUT2D eigenvalue weighted by Gasteiger charge is 2.37. The van der Waals surface area contributed by atoms with Crippen molar-refractivity contribution in [3.8, 4) is 0 Å². The van der Waals surface area contributed by atoms with E-state index in [2.05, 4.69) is 27.9 Å². The third kappa shape index (κ3) is 2.34. The summed E-state index contributed by atoms with van der Waals surface area (Å²) in [6.07, 6.45) is 5.50. The van der Waals surface area contributed by atoms with Gasteiger partial charge in [0.2, 0.25) is 0 Å². The average Bonchev–Trinajstić information content (AvgIpc) is 3.12. The highest BCUT2D eigenvalue weighted by molar-refractivity contribution is 5.71. The van der Waals surface area contributed by atoms with Crippen LogP contribution in [-0.4, -0.2) is 40.3 Å². The molecule has 0 spiro atoms. The lowest BCUT2D eigenvalue weighted by Gasteiger charge is -2.19. The summed E-state index contributed by atoms with van der Waals surface area (Å²) in [4.78, 5) is 9.46. The highest BCUT2D eigenvalue weighted by atomic mass is 16.5.